The first-order valence-corrected chi connectivity index (χ1v) is 33.0. The van der Waals surface area contributed by atoms with Gasteiger partial charge in [0.1, 0.15) is 19.3 Å². The van der Waals surface area contributed by atoms with Crippen molar-refractivity contribution in [2.24, 2.45) is 0 Å². The van der Waals surface area contributed by atoms with Crippen LogP contribution >= 0.6 is 7.82 Å². The van der Waals surface area contributed by atoms with Crippen molar-refractivity contribution in [2.45, 2.75) is 251 Å². The van der Waals surface area contributed by atoms with E-state index in [1.807, 2.05) is 33.3 Å². The van der Waals surface area contributed by atoms with Crippen LogP contribution < -0.4 is 5.32 Å². The van der Waals surface area contributed by atoms with Gasteiger partial charge in [0.05, 0.1) is 33.8 Å². The normalized spacial score (nSPS) is 14.6. The fraction of sp³-hybridized carbons (Fsp3) is 0.652. The zero-order chi connectivity index (χ0) is 57.9. The summed E-state index contributed by atoms with van der Waals surface area (Å²) in [6.07, 6.45) is 81.6. The number of hydrogen-bond acceptors (Lipinski definition) is 6. The quantitative estimate of drug-likeness (QED) is 0.0205. The molecule has 0 aromatic rings. The highest BCUT2D eigenvalue weighted by Crippen LogP contribution is 2.43. The second-order valence-corrected chi connectivity index (χ2v) is 23.3. The number of esters is 1. The summed E-state index contributed by atoms with van der Waals surface area (Å²) in [6.45, 7) is 6.73. The van der Waals surface area contributed by atoms with Crippen molar-refractivity contribution in [1.29, 1.82) is 0 Å². The lowest BCUT2D eigenvalue weighted by molar-refractivity contribution is -0.870. The predicted octanol–water partition coefficient (Wildman–Crippen LogP) is 19.7. The summed E-state index contributed by atoms with van der Waals surface area (Å²) in [5.74, 6) is -0.559. The molecule has 10 heteroatoms. The summed E-state index contributed by atoms with van der Waals surface area (Å²) in [6, 6.07) is -0.877. The van der Waals surface area contributed by atoms with Crippen molar-refractivity contribution >= 4 is 19.7 Å². The average molecular weight is 1120 g/mol. The van der Waals surface area contributed by atoms with Crippen LogP contribution in [0, 0.1) is 0 Å². The maximum Gasteiger partial charge on any atom is 0.472 e. The number of likely N-dealkylation sites (N-methyl/N-ethyl adjacent to an activating group) is 1. The lowest BCUT2D eigenvalue weighted by Crippen LogP contribution is -2.47. The molecule has 0 saturated carbocycles. The van der Waals surface area contributed by atoms with E-state index in [-0.39, 0.29) is 31.5 Å². The molecule has 3 unspecified atom stereocenters. The van der Waals surface area contributed by atoms with Gasteiger partial charge in [-0.3, -0.25) is 18.6 Å². The van der Waals surface area contributed by atoms with E-state index in [4.69, 9.17) is 13.8 Å². The Labute approximate surface area is 485 Å². The zero-order valence-electron chi connectivity index (χ0n) is 51.3. The number of hydrogen-bond donors (Lipinski definition) is 2. The topological polar surface area (TPSA) is 111 Å². The molecule has 0 fully saturated rings. The van der Waals surface area contributed by atoms with Crippen LogP contribution in [0.5, 0.6) is 0 Å². The van der Waals surface area contributed by atoms with Gasteiger partial charge in [0.2, 0.25) is 5.91 Å². The summed E-state index contributed by atoms with van der Waals surface area (Å²) in [5.41, 5.74) is 0. The van der Waals surface area contributed by atoms with E-state index in [1.165, 1.54) is 44.9 Å². The lowest BCUT2D eigenvalue weighted by Gasteiger charge is -2.27. The molecule has 79 heavy (non-hydrogen) atoms. The Kier molecular flexibility index (Phi) is 54.6. The molecule has 0 aromatic carbocycles. The first-order chi connectivity index (χ1) is 38.4. The number of carbonyl (C=O) groups is 2. The van der Waals surface area contributed by atoms with Gasteiger partial charge in [-0.15, -0.1) is 0 Å². The van der Waals surface area contributed by atoms with Crippen molar-refractivity contribution in [2.75, 3.05) is 40.9 Å². The molecule has 0 bridgehead atoms. The van der Waals surface area contributed by atoms with E-state index in [9.17, 15) is 19.0 Å². The smallest absolute Gasteiger partial charge is 0.456 e. The number of rotatable bonds is 55. The molecule has 0 aliphatic carbocycles. The van der Waals surface area contributed by atoms with Crippen LogP contribution in [0.1, 0.15) is 239 Å². The van der Waals surface area contributed by atoms with E-state index in [2.05, 4.69) is 148 Å². The second-order valence-electron chi connectivity index (χ2n) is 21.8. The van der Waals surface area contributed by atoms with E-state index < -0.39 is 20.0 Å². The standard InChI is InChI=1S/C69H117N2O7P/c1-7-10-13-16-19-22-25-27-29-31-33-35-37-39-41-43-46-49-52-55-58-61-68(72)70-66(65-77-79(74,75)76-64-63-71(4,5)6)67(60-57-54-51-48-45-24-21-18-15-12-9-3)78-69(73)62-59-56-53-50-47-44-42-40-38-36-34-32-30-28-26-23-20-17-14-11-8-2/h10-11,13-14,19-20,22-23,27-30,33-36,39-42,57,60,66-67H,7-9,12,15-18,21,24-26,31-32,37-38,43-56,58-59,61-65H2,1-6H3,(H-,70,72,74,75)/p+1/b13-10-,14-11-,22-19-,23-20-,29-27-,30-28-,35-33-,36-34-,41-39-,42-40-,60-57+. The Hall–Kier alpha value is -3.85. The van der Waals surface area contributed by atoms with E-state index >= 15 is 0 Å². The highest BCUT2D eigenvalue weighted by atomic mass is 31.2. The minimum atomic E-state index is -4.47. The van der Waals surface area contributed by atoms with Crippen LogP contribution in [0.25, 0.3) is 0 Å². The summed E-state index contributed by atoms with van der Waals surface area (Å²) in [4.78, 5) is 37.7. The van der Waals surface area contributed by atoms with Crippen LogP contribution in [0.3, 0.4) is 0 Å². The third kappa shape index (κ3) is 58.6. The van der Waals surface area contributed by atoms with E-state index in [0.29, 0.717) is 23.9 Å². The van der Waals surface area contributed by atoms with Crippen LogP contribution in [0.4, 0.5) is 0 Å². The molecule has 450 valence electrons. The van der Waals surface area contributed by atoms with Gasteiger partial charge in [0.15, 0.2) is 0 Å². The number of ether oxygens (including phenoxy) is 1. The fourth-order valence-electron chi connectivity index (χ4n) is 8.29. The van der Waals surface area contributed by atoms with Crippen molar-refractivity contribution in [3.63, 3.8) is 0 Å². The molecule has 0 saturated heterocycles. The van der Waals surface area contributed by atoms with Gasteiger partial charge in [-0.2, -0.15) is 0 Å². The summed E-state index contributed by atoms with van der Waals surface area (Å²) in [7, 11) is 1.45. The second kappa shape index (κ2) is 57.4. The third-order valence-corrected chi connectivity index (χ3v) is 14.1. The first kappa shape index (κ1) is 75.2. The number of quaternary nitrogens is 1. The van der Waals surface area contributed by atoms with Gasteiger partial charge >= 0.3 is 13.8 Å². The highest BCUT2D eigenvalue weighted by molar-refractivity contribution is 7.47. The molecular weight excluding hydrogens is 1000 g/mol. The number of nitrogens with one attached hydrogen (secondary N) is 1. The highest BCUT2D eigenvalue weighted by Gasteiger charge is 2.30. The number of carbonyl (C=O) groups excluding carboxylic acids is 2. The number of unbranched alkanes of at least 4 members (excludes halogenated alkanes) is 19. The Morgan fingerprint density at radius 3 is 1.22 bits per heavy atom. The summed E-state index contributed by atoms with van der Waals surface area (Å²) < 4.78 is 30.7. The largest absolute Gasteiger partial charge is 0.472 e. The number of phosphoric ester groups is 1. The van der Waals surface area contributed by atoms with Gasteiger partial charge < -0.3 is 19.4 Å². The minimum Gasteiger partial charge on any atom is -0.456 e. The average Bonchev–Trinajstić information content (AvgIpc) is 3.41. The lowest BCUT2D eigenvalue weighted by atomic mass is 10.1. The molecule has 0 spiro atoms. The molecule has 0 rings (SSSR count). The molecule has 3 atom stereocenters. The Bertz CT molecular complexity index is 1810. The fourth-order valence-corrected chi connectivity index (χ4v) is 9.02. The van der Waals surface area contributed by atoms with Crippen molar-refractivity contribution in [1.82, 2.24) is 5.32 Å². The van der Waals surface area contributed by atoms with Crippen LogP contribution in [0.2, 0.25) is 0 Å². The summed E-state index contributed by atoms with van der Waals surface area (Å²) >= 11 is 0. The van der Waals surface area contributed by atoms with Crippen molar-refractivity contribution in [3.8, 4) is 0 Å². The molecule has 2 N–H and O–H groups in total. The Morgan fingerprint density at radius 1 is 0.456 bits per heavy atom. The van der Waals surface area contributed by atoms with Gasteiger partial charge in [0, 0.05) is 12.8 Å². The van der Waals surface area contributed by atoms with E-state index in [1.54, 1.807) is 0 Å². The number of amides is 1. The maximum atomic E-state index is 13.6. The zero-order valence-corrected chi connectivity index (χ0v) is 52.2. The van der Waals surface area contributed by atoms with Crippen LogP contribution in [-0.2, 0) is 27.9 Å². The first-order valence-electron chi connectivity index (χ1n) is 31.5. The van der Waals surface area contributed by atoms with Gasteiger partial charge in [-0.05, 0) is 122 Å². The van der Waals surface area contributed by atoms with Crippen molar-refractivity contribution in [3.05, 3.63) is 134 Å². The van der Waals surface area contributed by atoms with Gasteiger partial charge in [-0.25, -0.2) is 4.57 Å². The summed E-state index contributed by atoms with van der Waals surface area (Å²) in [5, 5.41) is 3.04. The van der Waals surface area contributed by atoms with Crippen LogP contribution in [-0.4, -0.2) is 74.3 Å². The maximum absolute atomic E-state index is 13.6. The molecule has 9 nitrogen and oxygen atoms in total. The van der Waals surface area contributed by atoms with Crippen LogP contribution in [0.15, 0.2) is 134 Å². The molecule has 1 amide bonds. The SMILES string of the molecule is CC/C=C\C/C=C\C/C=C\C/C=C\C/C=C\CCCCCCCC(=O)NC(COP(=O)(O)OCC[N+](C)(C)C)C(/C=C/CCCCCCCCCCC)OC(=O)CCCCCCC/C=C\C/C=C\C/C=C\C/C=C\C/C=C\CC. The minimum absolute atomic E-state index is 0.0249. The third-order valence-electron chi connectivity index (χ3n) is 13.1. The number of allylic oxidation sites excluding steroid dienone is 21. The molecule has 0 aromatic heterocycles. The van der Waals surface area contributed by atoms with Gasteiger partial charge in [0.25, 0.3) is 0 Å². The molecule has 0 aliphatic heterocycles. The predicted molar refractivity (Wildman–Crippen MR) is 341 cm³/mol. The Morgan fingerprint density at radius 2 is 0.810 bits per heavy atom. The molecular formula is C69H118N2O7P+. The number of nitrogens with zero attached hydrogens (tertiary/aromatic N) is 1. The molecule has 0 aliphatic rings. The molecule has 0 heterocycles. The Balaban J connectivity index is 5.29. The monoisotopic (exact) mass is 1120 g/mol. The van der Waals surface area contributed by atoms with Gasteiger partial charge in [-0.1, -0.05) is 238 Å². The van der Waals surface area contributed by atoms with E-state index in [0.717, 1.165) is 154 Å². The molecule has 0 radical (unpaired) electrons. The van der Waals surface area contributed by atoms with Crippen molar-refractivity contribution < 1.29 is 37.3 Å². The number of phosphoric acid groups is 1.